The number of rotatable bonds is 5. The molecule has 0 unspecified atom stereocenters. The molecule has 156 valence electrons. The second-order valence-electron chi connectivity index (χ2n) is 7.56. The first-order chi connectivity index (χ1) is 14.3. The molecule has 30 heavy (non-hydrogen) atoms. The molecule has 1 atom stereocenters. The first-order valence-corrected chi connectivity index (χ1v) is 10.0. The number of nitrogens with one attached hydrogen (secondary N) is 1. The van der Waals surface area contributed by atoms with Crippen molar-refractivity contribution in [1.29, 1.82) is 0 Å². The van der Waals surface area contributed by atoms with Crippen molar-refractivity contribution in [3.63, 3.8) is 0 Å². The van der Waals surface area contributed by atoms with Crippen molar-refractivity contribution in [2.24, 2.45) is 0 Å². The number of ether oxygens (including phenoxy) is 2. The Hall–Kier alpha value is -2.83. The number of hydrogen-bond donors (Lipinski definition) is 1. The Kier molecular flexibility index (Phi) is 5.30. The van der Waals surface area contributed by atoms with E-state index < -0.39 is 5.60 Å². The molecule has 0 bridgehead atoms. The minimum absolute atomic E-state index is 0.0606. The van der Waals surface area contributed by atoms with Crippen molar-refractivity contribution in [2.75, 3.05) is 20.3 Å². The van der Waals surface area contributed by atoms with Gasteiger partial charge >= 0.3 is 0 Å². The zero-order chi connectivity index (χ0) is 21.5. The van der Waals surface area contributed by atoms with Crippen LogP contribution in [0.25, 0.3) is 11.0 Å². The Morgan fingerprint density at radius 2 is 1.97 bits per heavy atom. The van der Waals surface area contributed by atoms with Gasteiger partial charge < -0.3 is 19.2 Å². The van der Waals surface area contributed by atoms with Crippen LogP contribution in [0.3, 0.4) is 0 Å². The molecular formula is C23H22ClNO5. The van der Waals surface area contributed by atoms with E-state index >= 15 is 0 Å². The van der Waals surface area contributed by atoms with Gasteiger partial charge in [-0.1, -0.05) is 23.7 Å². The van der Waals surface area contributed by atoms with Crippen LogP contribution >= 0.6 is 11.6 Å². The molecular weight excluding hydrogens is 406 g/mol. The summed E-state index contributed by atoms with van der Waals surface area (Å²) in [4.78, 5) is 25.7. The largest absolute Gasteiger partial charge is 0.482 e. The lowest BCUT2D eigenvalue weighted by molar-refractivity contribution is 0.0507. The van der Waals surface area contributed by atoms with E-state index in [1.165, 1.54) is 0 Å². The average molecular weight is 428 g/mol. The molecule has 0 aliphatic carbocycles. The summed E-state index contributed by atoms with van der Waals surface area (Å²) in [5.74, 6) is 0.263. The summed E-state index contributed by atoms with van der Waals surface area (Å²) in [7, 11) is 1.56. The second kappa shape index (κ2) is 7.78. The summed E-state index contributed by atoms with van der Waals surface area (Å²) in [6.45, 7) is 4.43. The SMILES string of the molecule is COCCNC(=O)c1oc2ccc3c(c2c1C)C(=O)C[C@](C)(c1ccc(Cl)cc1)O3. The number of aryl methyl sites for hydroxylation is 1. The molecule has 0 spiro atoms. The maximum atomic E-state index is 13.2. The highest BCUT2D eigenvalue weighted by Crippen LogP contribution is 2.44. The van der Waals surface area contributed by atoms with Gasteiger partial charge in [0, 0.05) is 29.6 Å². The van der Waals surface area contributed by atoms with E-state index in [2.05, 4.69) is 5.32 Å². The normalized spacial score (nSPS) is 18.2. The Labute approximate surface area is 179 Å². The number of methoxy groups -OCH3 is 1. The summed E-state index contributed by atoms with van der Waals surface area (Å²) >= 11 is 6.00. The van der Waals surface area contributed by atoms with Gasteiger partial charge in [0.05, 0.1) is 18.6 Å². The Balaban J connectivity index is 1.74. The molecule has 0 fully saturated rings. The maximum Gasteiger partial charge on any atom is 0.287 e. The quantitative estimate of drug-likeness (QED) is 0.599. The van der Waals surface area contributed by atoms with Crippen LogP contribution in [0.2, 0.25) is 5.02 Å². The molecule has 1 N–H and O–H groups in total. The molecule has 0 radical (unpaired) electrons. The van der Waals surface area contributed by atoms with Crippen molar-refractivity contribution < 1.29 is 23.5 Å². The van der Waals surface area contributed by atoms with Gasteiger partial charge in [0.15, 0.2) is 11.5 Å². The van der Waals surface area contributed by atoms with Crippen molar-refractivity contribution in [1.82, 2.24) is 5.32 Å². The van der Waals surface area contributed by atoms with Gasteiger partial charge in [-0.25, -0.2) is 0 Å². The van der Waals surface area contributed by atoms with Crippen LogP contribution in [-0.4, -0.2) is 32.0 Å². The van der Waals surface area contributed by atoms with Crippen molar-refractivity contribution >= 4 is 34.3 Å². The third-order valence-corrected chi connectivity index (χ3v) is 5.67. The number of amides is 1. The van der Waals surface area contributed by atoms with Gasteiger partial charge in [-0.15, -0.1) is 0 Å². The number of benzene rings is 2. The monoisotopic (exact) mass is 427 g/mol. The van der Waals surface area contributed by atoms with Crippen LogP contribution in [0.15, 0.2) is 40.8 Å². The molecule has 4 rings (SSSR count). The predicted octanol–water partition coefficient (Wildman–Crippen LogP) is 4.65. The van der Waals surface area contributed by atoms with E-state index in [0.717, 1.165) is 5.56 Å². The maximum absolute atomic E-state index is 13.2. The Morgan fingerprint density at radius 3 is 2.67 bits per heavy atom. The van der Waals surface area contributed by atoms with E-state index in [4.69, 9.17) is 25.5 Å². The summed E-state index contributed by atoms with van der Waals surface area (Å²) in [5, 5.41) is 3.99. The van der Waals surface area contributed by atoms with Crippen molar-refractivity contribution in [2.45, 2.75) is 25.9 Å². The molecule has 1 amide bonds. The fourth-order valence-corrected chi connectivity index (χ4v) is 4.01. The van der Waals surface area contributed by atoms with Gasteiger partial charge in [0.2, 0.25) is 0 Å². The van der Waals surface area contributed by atoms with Gasteiger partial charge in [0.1, 0.15) is 16.9 Å². The van der Waals surface area contributed by atoms with E-state index in [0.29, 0.717) is 46.0 Å². The van der Waals surface area contributed by atoms with Gasteiger partial charge in [-0.3, -0.25) is 9.59 Å². The number of ketones is 1. The molecule has 7 heteroatoms. The minimum atomic E-state index is -0.805. The number of carbonyl (C=O) groups is 2. The number of halogens is 1. The number of Topliss-reactive ketones (excluding diaryl/α,β-unsaturated/α-hetero) is 1. The van der Waals surface area contributed by atoms with Gasteiger partial charge in [0.25, 0.3) is 5.91 Å². The lowest BCUT2D eigenvalue weighted by Crippen LogP contribution is -2.36. The molecule has 0 saturated heterocycles. The molecule has 2 aromatic carbocycles. The van der Waals surface area contributed by atoms with Crippen LogP contribution in [0.5, 0.6) is 5.75 Å². The first kappa shape index (κ1) is 20.4. The molecule has 3 aromatic rings. The second-order valence-corrected chi connectivity index (χ2v) is 7.99. The summed E-state index contributed by atoms with van der Waals surface area (Å²) in [5.41, 5.74) is 1.61. The number of furan rings is 1. The third-order valence-electron chi connectivity index (χ3n) is 5.42. The van der Waals surface area contributed by atoms with E-state index in [1.807, 2.05) is 19.1 Å². The molecule has 6 nitrogen and oxygen atoms in total. The smallest absolute Gasteiger partial charge is 0.287 e. The highest BCUT2D eigenvalue weighted by atomic mass is 35.5. The molecule has 1 aliphatic heterocycles. The molecule has 1 aliphatic rings. The number of carbonyl (C=O) groups excluding carboxylic acids is 2. The zero-order valence-electron chi connectivity index (χ0n) is 17.0. The summed E-state index contributed by atoms with van der Waals surface area (Å²) in [6, 6.07) is 10.7. The highest BCUT2D eigenvalue weighted by molar-refractivity contribution is 6.30. The van der Waals surface area contributed by atoms with Crippen LogP contribution < -0.4 is 10.1 Å². The lowest BCUT2D eigenvalue weighted by Gasteiger charge is -2.35. The van der Waals surface area contributed by atoms with Crippen LogP contribution in [0.1, 0.15) is 45.4 Å². The zero-order valence-corrected chi connectivity index (χ0v) is 17.8. The molecule has 0 saturated carbocycles. The predicted molar refractivity (Wildman–Crippen MR) is 114 cm³/mol. The summed E-state index contributed by atoms with van der Waals surface area (Å²) in [6.07, 6.45) is 0.167. The number of fused-ring (bicyclic) bond motifs is 3. The summed E-state index contributed by atoms with van der Waals surface area (Å²) < 4.78 is 17.0. The first-order valence-electron chi connectivity index (χ1n) is 9.65. The third kappa shape index (κ3) is 3.46. The van der Waals surface area contributed by atoms with E-state index in [1.54, 1.807) is 38.3 Å². The topological polar surface area (TPSA) is 77.8 Å². The van der Waals surface area contributed by atoms with Crippen molar-refractivity contribution in [3.05, 3.63) is 63.9 Å². The highest BCUT2D eigenvalue weighted by Gasteiger charge is 2.40. The Bertz CT molecular complexity index is 1130. The number of hydrogen-bond acceptors (Lipinski definition) is 5. The molecule has 1 aromatic heterocycles. The lowest BCUT2D eigenvalue weighted by atomic mass is 9.84. The standard InChI is InChI=1S/C23H22ClNO5/c1-13-19-17(29-21(13)22(27)25-10-11-28-3)8-9-18-20(19)16(26)12-23(2,30-18)14-4-6-15(24)7-5-14/h4-9H,10-12H2,1-3H3,(H,25,27)/t23-/m1/s1. The Morgan fingerprint density at radius 1 is 1.23 bits per heavy atom. The van der Waals surface area contributed by atoms with Gasteiger partial charge in [-0.2, -0.15) is 0 Å². The minimum Gasteiger partial charge on any atom is -0.482 e. The van der Waals surface area contributed by atoms with Crippen LogP contribution in [0.4, 0.5) is 0 Å². The fraction of sp³-hybridized carbons (Fsp3) is 0.304. The van der Waals surface area contributed by atoms with E-state index in [-0.39, 0.29) is 23.9 Å². The van der Waals surface area contributed by atoms with E-state index in [9.17, 15) is 9.59 Å². The average Bonchev–Trinajstić information content (AvgIpc) is 3.05. The van der Waals surface area contributed by atoms with Crippen molar-refractivity contribution in [3.8, 4) is 5.75 Å². The van der Waals surface area contributed by atoms with Gasteiger partial charge in [-0.05, 0) is 43.7 Å². The van der Waals surface area contributed by atoms with Crippen LogP contribution in [0, 0.1) is 6.92 Å². The fourth-order valence-electron chi connectivity index (χ4n) is 3.88. The van der Waals surface area contributed by atoms with Crippen LogP contribution in [-0.2, 0) is 10.3 Å². The molecule has 2 heterocycles.